The molecule has 3 N–H and O–H groups in total. The van der Waals surface area contributed by atoms with Gasteiger partial charge < -0.3 is 25.2 Å². The van der Waals surface area contributed by atoms with Gasteiger partial charge >= 0.3 is 6.09 Å². The number of piperidine rings is 2. The van der Waals surface area contributed by atoms with Gasteiger partial charge in [0.15, 0.2) is 0 Å². The highest BCUT2D eigenvalue weighted by Gasteiger charge is 2.45. The van der Waals surface area contributed by atoms with Gasteiger partial charge in [0.05, 0.1) is 36.9 Å². The fourth-order valence-corrected chi connectivity index (χ4v) is 6.27. The SMILES string of the molecule is CC(C)(C)OC(=O)N1CCC(O)(c2ccccc2)C(COS(C)(=O)=O)C1.CS(=O)(=O)OCC1CNCCC1(O)c1ccccc1. The van der Waals surface area contributed by atoms with E-state index in [0.717, 1.165) is 18.1 Å². The van der Waals surface area contributed by atoms with Crippen LogP contribution in [0.4, 0.5) is 4.79 Å². The van der Waals surface area contributed by atoms with Crippen LogP contribution in [0.15, 0.2) is 60.7 Å². The van der Waals surface area contributed by atoms with Gasteiger partial charge in [-0.15, -0.1) is 0 Å². The van der Waals surface area contributed by atoms with E-state index in [1.807, 2.05) is 48.5 Å². The number of rotatable bonds is 8. The monoisotopic (exact) mass is 670 g/mol. The van der Waals surface area contributed by atoms with Crippen LogP contribution in [0.25, 0.3) is 0 Å². The zero-order valence-corrected chi connectivity index (χ0v) is 28.1. The van der Waals surface area contributed by atoms with E-state index in [4.69, 9.17) is 13.1 Å². The third-order valence-corrected chi connectivity index (χ3v) is 8.92. The fourth-order valence-electron chi connectivity index (χ4n) is 5.45. The maximum atomic E-state index is 12.4. The average Bonchev–Trinajstić information content (AvgIpc) is 2.96. The predicted molar refractivity (Wildman–Crippen MR) is 169 cm³/mol. The average molecular weight is 671 g/mol. The minimum atomic E-state index is -3.67. The maximum Gasteiger partial charge on any atom is 0.410 e. The van der Waals surface area contributed by atoms with Crippen molar-refractivity contribution in [1.82, 2.24) is 10.2 Å². The van der Waals surface area contributed by atoms with E-state index in [9.17, 15) is 31.8 Å². The molecule has 2 fully saturated rings. The minimum Gasteiger partial charge on any atom is -0.444 e. The van der Waals surface area contributed by atoms with Gasteiger partial charge in [0.25, 0.3) is 20.2 Å². The molecule has 2 aliphatic heterocycles. The Balaban J connectivity index is 0.000000257. The van der Waals surface area contributed by atoms with E-state index >= 15 is 0 Å². The maximum absolute atomic E-state index is 12.4. The smallest absolute Gasteiger partial charge is 0.410 e. The zero-order valence-electron chi connectivity index (χ0n) is 26.5. The molecule has 4 unspecified atom stereocenters. The van der Waals surface area contributed by atoms with Gasteiger partial charge in [0, 0.05) is 31.5 Å². The number of ether oxygens (including phenoxy) is 1. The lowest BCUT2D eigenvalue weighted by Gasteiger charge is -2.44. The van der Waals surface area contributed by atoms with E-state index < -0.39 is 49.1 Å². The van der Waals surface area contributed by atoms with E-state index in [2.05, 4.69) is 5.32 Å². The van der Waals surface area contributed by atoms with Crippen LogP contribution >= 0.6 is 0 Å². The first-order valence-electron chi connectivity index (χ1n) is 14.8. The Morgan fingerprint density at radius 3 is 1.78 bits per heavy atom. The van der Waals surface area contributed by atoms with Crippen LogP contribution in [0.5, 0.6) is 0 Å². The normalized spacial score (nSPS) is 26.0. The number of benzene rings is 2. The lowest BCUT2D eigenvalue weighted by Crippen LogP contribution is -2.54. The second-order valence-corrected chi connectivity index (χ2v) is 15.9. The Hall–Kier alpha value is -2.59. The van der Waals surface area contributed by atoms with Crippen molar-refractivity contribution >= 4 is 26.3 Å². The first-order chi connectivity index (χ1) is 20.8. The molecule has 2 aliphatic rings. The largest absolute Gasteiger partial charge is 0.444 e. The van der Waals surface area contributed by atoms with E-state index in [0.29, 0.717) is 31.6 Å². The number of nitrogens with zero attached hydrogens (tertiary/aromatic N) is 1. The number of hydrogen-bond acceptors (Lipinski definition) is 11. The van der Waals surface area contributed by atoms with Gasteiger partial charge in [-0.2, -0.15) is 16.8 Å². The highest BCUT2D eigenvalue weighted by Crippen LogP contribution is 2.38. The molecule has 2 heterocycles. The molecule has 45 heavy (non-hydrogen) atoms. The van der Waals surface area contributed by atoms with Crippen molar-refractivity contribution in [1.29, 1.82) is 0 Å². The van der Waals surface area contributed by atoms with Crippen molar-refractivity contribution in [3.63, 3.8) is 0 Å². The first kappa shape index (κ1) is 36.9. The molecule has 0 spiro atoms. The van der Waals surface area contributed by atoms with Gasteiger partial charge in [-0.25, -0.2) is 4.79 Å². The van der Waals surface area contributed by atoms with Crippen LogP contribution in [-0.2, 0) is 44.5 Å². The summed E-state index contributed by atoms with van der Waals surface area (Å²) in [5.74, 6) is -0.903. The molecular formula is C31H46N2O10S2. The lowest BCUT2D eigenvalue weighted by molar-refractivity contribution is -0.0907. The highest BCUT2D eigenvalue weighted by atomic mass is 32.2. The molecule has 2 aromatic carbocycles. The van der Waals surface area contributed by atoms with Crippen LogP contribution in [0.1, 0.15) is 44.7 Å². The van der Waals surface area contributed by atoms with Crippen molar-refractivity contribution in [3.8, 4) is 0 Å². The fraction of sp³-hybridized carbons (Fsp3) is 0.581. The summed E-state index contributed by atoms with van der Waals surface area (Å²) in [5, 5.41) is 25.3. The summed E-state index contributed by atoms with van der Waals surface area (Å²) in [7, 11) is -7.16. The number of carbonyl (C=O) groups excluding carboxylic acids is 1. The van der Waals surface area contributed by atoms with Crippen LogP contribution in [-0.4, -0.2) is 95.5 Å². The zero-order chi connectivity index (χ0) is 33.5. The Bertz CT molecular complexity index is 1470. The first-order valence-corrected chi connectivity index (χ1v) is 18.4. The second kappa shape index (κ2) is 14.9. The lowest BCUT2D eigenvalue weighted by atomic mass is 9.76. The van der Waals surface area contributed by atoms with Crippen molar-refractivity contribution in [2.45, 2.75) is 50.4 Å². The molecule has 4 rings (SSSR count). The van der Waals surface area contributed by atoms with Crippen molar-refractivity contribution in [2.24, 2.45) is 11.8 Å². The Labute approximate surface area is 266 Å². The molecule has 2 saturated heterocycles. The summed E-state index contributed by atoms with van der Waals surface area (Å²) in [6.07, 6.45) is 2.29. The summed E-state index contributed by atoms with van der Waals surface area (Å²) in [4.78, 5) is 13.9. The van der Waals surface area contributed by atoms with Gasteiger partial charge in [-0.05, 0) is 51.3 Å². The number of nitrogens with one attached hydrogen (secondary N) is 1. The summed E-state index contributed by atoms with van der Waals surface area (Å²) in [6.45, 7) is 6.76. The van der Waals surface area contributed by atoms with Crippen LogP contribution in [0.3, 0.4) is 0 Å². The molecule has 1 amide bonds. The van der Waals surface area contributed by atoms with E-state index in [1.165, 1.54) is 4.90 Å². The van der Waals surface area contributed by atoms with E-state index in [1.54, 1.807) is 32.9 Å². The molecule has 252 valence electrons. The topological polar surface area (TPSA) is 169 Å². The Morgan fingerprint density at radius 1 is 0.844 bits per heavy atom. The summed E-state index contributed by atoms with van der Waals surface area (Å²) < 4.78 is 60.2. The highest BCUT2D eigenvalue weighted by molar-refractivity contribution is 7.86. The van der Waals surface area contributed by atoms with Crippen molar-refractivity contribution < 1.29 is 44.9 Å². The van der Waals surface area contributed by atoms with Gasteiger partial charge in [-0.3, -0.25) is 8.37 Å². The number of amides is 1. The van der Waals surface area contributed by atoms with Crippen LogP contribution < -0.4 is 5.32 Å². The van der Waals surface area contributed by atoms with E-state index in [-0.39, 0.29) is 32.1 Å². The predicted octanol–water partition coefficient (Wildman–Crippen LogP) is 2.57. The Kier molecular flexibility index (Phi) is 12.2. The number of carbonyl (C=O) groups is 1. The van der Waals surface area contributed by atoms with Gasteiger partial charge in [0.1, 0.15) is 5.60 Å². The standard InChI is InChI=1S/C18H27NO6S.C13H19NO4S/c1-17(2,3)25-16(20)19-11-10-18(21,14-8-6-5-7-9-14)15(12-19)13-24-26(4,22)23;1-19(16,17)18-10-12-9-14-8-7-13(12,15)11-5-3-2-4-6-11/h5-9,15,21H,10-13H2,1-4H3;2-6,12,14-15H,7-10H2,1H3. The summed E-state index contributed by atoms with van der Waals surface area (Å²) >= 11 is 0. The molecule has 4 atom stereocenters. The molecule has 0 radical (unpaired) electrons. The number of aliphatic hydroxyl groups is 2. The van der Waals surface area contributed by atoms with Crippen molar-refractivity contribution in [2.75, 3.05) is 51.9 Å². The van der Waals surface area contributed by atoms with Gasteiger partial charge in [-0.1, -0.05) is 60.7 Å². The molecule has 0 bridgehead atoms. The van der Waals surface area contributed by atoms with Crippen molar-refractivity contribution in [3.05, 3.63) is 71.8 Å². The Morgan fingerprint density at radius 2 is 1.31 bits per heavy atom. The summed E-state index contributed by atoms with van der Waals surface area (Å²) in [5.41, 5.74) is -1.49. The molecule has 0 aromatic heterocycles. The van der Waals surface area contributed by atoms with Crippen LogP contribution in [0.2, 0.25) is 0 Å². The quantitative estimate of drug-likeness (QED) is 0.353. The van der Waals surface area contributed by atoms with Crippen LogP contribution in [0, 0.1) is 11.8 Å². The molecule has 14 heteroatoms. The minimum absolute atomic E-state index is 0.0166. The second-order valence-electron chi connectivity index (χ2n) is 12.6. The number of hydrogen-bond donors (Lipinski definition) is 3. The summed E-state index contributed by atoms with van der Waals surface area (Å²) in [6, 6.07) is 18.4. The number of likely N-dealkylation sites (tertiary alicyclic amines) is 1. The van der Waals surface area contributed by atoms with Gasteiger partial charge in [0.2, 0.25) is 0 Å². The molecule has 0 saturated carbocycles. The molecular weight excluding hydrogens is 624 g/mol. The molecule has 2 aromatic rings. The molecule has 0 aliphatic carbocycles. The molecule has 12 nitrogen and oxygen atoms in total. The third kappa shape index (κ3) is 11.0. The third-order valence-electron chi connectivity index (χ3n) is 7.79.